The average molecular weight is 392 g/mol. The first-order chi connectivity index (χ1) is 13.0. The van der Waals surface area contributed by atoms with Gasteiger partial charge in [-0.15, -0.1) is 0 Å². The van der Waals surface area contributed by atoms with Crippen molar-refractivity contribution in [1.82, 2.24) is 20.3 Å². The number of carbonyl (C=O) groups is 1. The van der Waals surface area contributed by atoms with E-state index in [1.807, 2.05) is 11.9 Å². The zero-order chi connectivity index (χ0) is 19.4. The van der Waals surface area contributed by atoms with E-state index in [4.69, 9.17) is 11.6 Å². The fourth-order valence-corrected chi connectivity index (χ4v) is 2.79. The Morgan fingerprint density at radius 3 is 2.48 bits per heavy atom. The van der Waals surface area contributed by atoms with Crippen LogP contribution in [0, 0.1) is 10.1 Å². The van der Waals surface area contributed by atoms with Crippen molar-refractivity contribution in [3.05, 3.63) is 51.3 Å². The zero-order valence-corrected chi connectivity index (χ0v) is 15.3. The second-order valence-corrected chi connectivity index (χ2v) is 6.46. The summed E-state index contributed by atoms with van der Waals surface area (Å²) in [6.07, 6.45) is 1.23. The highest BCUT2D eigenvalue weighted by atomic mass is 35.5. The number of nitrogens with one attached hydrogen (secondary N) is 2. The molecule has 0 aliphatic carbocycles. The Labute approximate surface area is 160 Å². The zero-order valence-electron chi connectivity index (χ0n) is 14.6. The normalized spacial score (nSPS) is 14.7. The Bertz CT molecular complexity index is 838. The number of rotatable bonds is 5. The van der Waals surface area contributed by atoms with E-state index in [0.29, 0.717) is 23.7 Å². The lowest BCUT2D eigenvalue weighted by atomic mass is 10.2. The first-order valence-electron chi connectivity index (χ1n) is 8.20. The molecule has 1 aromatic heterocycles. The molecular weight excluding hydrogens is 374 g/mol. The lowest BCUT2D eigenvalue weighted by Crippen LogP contribution is -2.45. The maximum atomic E-state index is 12.2. The third-order valence-electron chi connectivity index (χ3n) is 4.19. The van der Waals surface area contributed by atoms with Crippen molar-refractivity contribution in [2.45, 2.75) is 0 Å². The molecule has 0 spiro atoms. The Morgan fingerprint density at radius 2 is 1.85 bits per heavy atom. The summed E-state index contributed by atoms with van der Waals surface area (Å²) >= 11 is 5.80. The van der Waals surface area contributed by atoms with Gasteiger partial charge in [0.1, 0.15) is 6.33 Å². The van der Waals surface area contributed by atoms with Crippen LogP contribution >= 0.6 is 11.6 Å². The molecule has 2 aromatic rings. The number of hydrogen-bond donors (Lipinski definition) is 2. The minimum atomic E-state index is -0.551. The standard InChI is InChI=1S/C16H18ClN7O3/c1-22-6-8-23(9-7-22)15-13(24(26)27)14(18-10-19-15)20-21-16(25)11-2-4-12(17)5-3-11/h2-5,10H,6-9H2,1H3,(H,21,25)(H,18,19,20). The van der Waals surface area contributed by atoms with Gasteiger partial charge in [0.2, 0.25) is 11.6 Å². The van der Waals surface area contributed by atoms with Gasteiger partial charge in [-0.05, 0) is 31.3 Å². The van der Waals surface area contributed by atoms with E-state index in [9.17, 15) is 14.9 Å². The van der Waals surface area contributed by atoms with E-state index in [1.165, 1.54) is 6.33 Å². The van der Waals surface area contributed by atoms with Crippen LogP contribution < -0.4 is 15.8 Å². The van der Waals surface area contributed by atoms with Gasteiger partial charge < -0.3 is 9.80 Å². The van der Waals surface area contributed by atoms with Gasteiger partial charge in [0.25, 0.3) is 5.91 Å². The number of amides is 1. The first kappa shape index (κ1) is 18.8. The number of anilines is 2. The topological polar surface area (TPSA) is 117 Å². The molecule has 1 amide bonds. The van der Waals surface area contributed by atoms with Gasteiger partial charge in [-0.2, -0.15) is 0 Å². The molecule has 0 saturated carbocycles. The van der Waals surface area contributed by atoms with E-state index in [2.05, 4.69) is 25.7 Å². The van der Waals surface area contributed by atoms with Gasteiger partial charge in [-0.25, -0.2) is 9.97 Å². The number of hydrazine groups is 1. The molecule has 0 radical (unpaired) electrons. The van der Waals surface area contributed by atoms with Crippen LogP contribution in [0.15, 0.2) is 30.6 Å². The summed E-state index contributed by atoms with van der Waals surface area (Å²) in [5.41, 5.74) is 5.02. The number of nitrogens with zero attached hydrogens (tertiary/aromatic N) is 5. The van der Waals surface area contributed by atoms with E-state index in [-0.39, 0.29) is 17.3 Å². The largest absolute Gasteiger partial charge is 0.355 e. The molecule has 1 aliphatic rings. The number of benzene rings is 1. The summed E-state index contributed by atoms with van der Waals surface area (Å²) < 4.78 is 0. The second kappa shape index (κ2) is 8.14. The molecule has 1 saturated heterocycles. The third kappa shape index (κ3) is 4.41. The summed E-state index contributed by atoms with van der Waals surface area (Å²) in [5.74, 6) is -0.321. The maximum Gasteiger partial charge on any atom is 0.355 e. The molecule has 27 heavy (non-hydrogen) atoms. The molecular formula is C16H18ClN7O3. The van der Waals surface area contributed by atoms with Crippen molar-refractivity contribution < 1.29 is 9.72 Å². The Hall–Kier alpha value is -2.98. The van der Waals surface area contributed by atoms with Gasteiger partial charge in [-0.3, -0.25) is 25.8 Å². The highest BCUT2D eigenvalue weighted by Crippen LogP contribution is 2.31. The van der Waals surface area contributed by atoms with Gasteiger partial charge in [0.05, 0.1) is 4.92 Å². The Morgan fingerprint density at radius 1 is 1.19 bits per heavy atom. The van der Waals surface area contributed by atoms with Crippen LogP contribution in [0.5, 0.6) is 0 Å². The molecule has 3 rings (SSSR count). The predicted molar refractivity (Wildman–Crippen MR) is 101 cm³/mol. The molecule has 2 N–H and O–H groups in total. The van der Waals surface area contributed by atoms with Gasteiger partial charge in [-0.1, -0.05) is 11.6 Å². The van der Waals surface area contributed by atoms with Crippen LogP contribution in [0.4, 0.5) is 17.3 Å². The van der Waals surface area contributed by atoms with Gasteiger partial charge in [0, 0.05) is 36.8 Å². The molecule has 142 valence electrons. The monoisotopic (exact) mass is 391 g/mol. The number of carbonyl (C=O) groups excluding carboxylic acids is 1. The highest BCUT2D eigenvalue weighted by molar-refractivity contribution is 6.30. The Balaban J connectivity index is 1.78. The minimum Gasteiger partial charge on any atom is -0.348 e. The van der Waals surface area contributed by atoms with Crippen molar-refractivity contribution in [3.8, 4) is 0 Å². The molecule has 0 unspecified atom stereocenters. The second-order valence-electron chi connectivity index (χ2n) is 6.03. The maximum absolute atomic E-state index is 12.2. The van der Waals surface area contributed by atoms with E-state index >= 15 is 0 Å². The molecule has 10 nitrogen and oxygen atoms in total. The molecule has 1 aromatic carbocycles. The molecule has 2 heterocycles. The first-order valence-corrected chi connectivity index (χ1v) is 8.58. The fraction of sp³-hybridized carbons (Fsp3) is 0.312. The van der Waals surface area contributed by atoms with Crippen molar-refractivity contribution in [1.29, 1.82) is 0 Å². The minimum absolute atomic E-state index is 0.0776. The van der Waals surface area contributed by atoms with E-state index in [0.717, 1.165) is 13.1 Å². The number of piperazine rings is 1. The summed E-state index contributed by atoms with van der Waals surface area (Å²) in [6.45, 7) is 2.78. The van der Waals surface area contributed by atoms with E-state index in [1.54, 1.807) is 24.3 Å². The molecule has 1 fully saturated rings. The molecule has 0 atom stereocenters. The number of nitro groups is 1. The van der Waals surface area contributed by atoms with Gasteiger partial charge >= 0.3 is 5.69 Å². The average Bonchev–Trinajstić information content (AvgIpc) is 2.66. The van der Waals surface area contributed by atoms with Crippen LogP contribution in [0.25, 0.3) is 0 Å². The lowest BCUT2D eigenvalue weighted by molar-refractivity contribution is -0.383. The highest BCUT2D eigenvalue weighted by Gasteiger charge is 2.29. The predicted octanol–water partition coefficient (Wildman–Crippen LogP) is 1.55. The SMILES string of the molecule is CN1CCN(c2ncnc(NNC(=O)c3ccc(Cl)cc3)c2[N+](=O)[O-])CC1. The van der Waals surface area contributed by atoms with Crippen LogP contribution in [0.1, 0.15) is 10.4 Å². The quantitative estimate of drug-likeness (QED) is 0.582. The third-order valence-corrected chi connectivity index (χ3v) is 4.44. The number of likely N-dealkylation sites (N-methyl/N-ethyl adjacent to an activating group) is 1. The molecule has 0 bridgehead atoms. The van der Waals surface area contributed by atoms with Crippen LogP contribution in [-0.2, 0) is 0 Å². The smallest absolute Gasteiger partial charge is 0.348 e. The number of halogens is 1. The van der Waals surface area contributed by atoms with Crippen molar-refractivity contribution in [3.63, 3.8) is 0 Å². The summed E-state index contributed by atoms with van der Waals surface area (Å²) in [7, 11) is 1.99. The Kier molecular flexibility index (Phi) is 5.67. The van der Waals surface area contributed by atoms with Crippen LogP contribution in [0.3, 0.4) is 0 Å². The summed E-state index contributed by atoms with van der Waals surface area (Å²) in [6, 6.07) is 6.25. The molecule has 1 aliphatic heterocycles. The summed E-state index contributed by atoms with van der Waals surface area (Å²) in [5, 5.41) is 12.1. The van der Waals surface area contributed by atoms with Gasteiger partial charge in [0.15, 0.2) is 0 Å². The molecule has 11 heteroatoms. The summed E-state index contributed by atoms with van der Waals surface area (Å²) in [4.78, 5) is 35.2. The lowest BCUT2D eigenvalue weighted by Gasteiger charge is -2.32. The van der Waals surface area contributed by atoms with Crippen molar-refractivity contribution >= 4 is 34.8 Å². The number of hydrogen-bond acceptors (Lipinski definition) is 8. The van der Waals surface area contributed by atoms with Crippen LogP contribution in [0.2, 0.25) is 5.02 Å². The fourth-order valence-electron chi connectivity index (χ4n) is 2.67. The van der Waals surface area contributed by atoms with E-state index < -0.39 is 10.8 Å². The van der Waals surface area contributed by atoms with Crippen molar-refractivity contribution in [2.75, 3.05) is 43.6 Å². The number of aromatic nitrogens is 2. The van der Waals surface area contributed by atoms with Crippen LogP contribution in [-0.4, -0.2) is 58.9 Å². The van der Waals surface area contributed by atoms with Crippen molar-refractivity contribution in [2.24, 2.45) is 0 Å².